The summed E-state index contributed by atoms with van der Waals surface area (Å²) in [4.78, 5) is 4.35. The Kier molecular flexibility index (Phi) is 15.7. The molecular formula is C16H34N2S. The van der Waals surface area contributed by atoms with Crippen molar-refractivity contribution in [2.75, 3.05) is 12.3 Å². The van der Waals surface area contributed by atoms with Gasteiger partial charge in [0.1, 0.15) is 0 Å². The zero-order chi connectivity index (χ0) is 14.2. The van der Waals surface area contributed by atoms with Crippen LogP contribution in [0.1, 0.15) is 84.5 Å². The third kappa shape index (κ3) is 15.8. The maximum atomic E-state index is 5.73. The molecule has 0 saturated heterocycles. The molecule has 0 amide bonds. The fraction of sp³-hybridized carbons (Fsp3) is 0.938. The van der Waals surface area contributed by atoms with Crippen LogP contribution in [0.25, 0.3) is 0 Å². The average molecular weight is 287 g/mol. The van der Waals surface area contributed by atoms with Crippen LogP contribution in [0.4, 0.5) is 0 Å². The lowest BCUT2D eigenvalue weighted by Gasteiger charge is -2.02. The van der Waals surface area contributed by atoms with E-state index in [0.29, 0.717) is 0 Å². The summed E-state index contributed by atoms with van der Waals surface area (Å²) in [6.45, 7) is 5.30. The lowest BCUT2D eigenvalue weighted by molar-refractivity contribution is 0.551. The van der Waals surface area contributed by atoms with Crippen LogP contribution in [0.5, 0.6) is 0 Å². The standard InChI is InChI=1S/C16H34N2S/c1-3-5-6-7-8-9-10-11-12-13-14-15-18-16(17)19-4-2/h3-15H2,1-2H3,(H2,17,18). The Hall–Kier alpha value is -0.180. The molecule has 0 radical (unpaired) electrons. The van der Waals surface area contributed by atoms with Gasteiger partial charge in [-0.15, -0.1) is 0 Å². The average Bonchev–Trinajstić information content (AvgIpc) is 2.40. The first-order valence-corrected chi connectivity index (χ1v) is 9.22. The summed E-state index contributed by atoms with van der Waals surface area (Å²) >= 11 is 1.64. The zero-order valence-electron chi connectivity index (χ0n) is 13.1. The number of amidine groups is 1. The first-order chi connectivity index (χ1) is 9.31. The van der Waals surface area contributed by atoms with Gasteiger partial charge >= 0.3 is 0 Å². The maximum absolute atomic E-state index is 5.73. The Morgan fingerprint density at radius 3 is 1.74 bits per heavy atom. The van der Waals surface area contributed by atoms with Crippen molar-refractivity contribution in [3.8, 4) is 0 Å². The van der Waals surface area contributed by atoms with Gasteiger partial charge in [0.15, 0.2) is 5.17 Å². The lowest BCUT2D eigenvalue weighted by Crippen LogP contribution is -2.07. The number of hydrogen-bond acceptors (Lipinski definition) is 2. The summed E-state index contributed by atoms with van der Waals surface area (Å²) in [5, 5.41) is 0.759. The maximum Gasteiger partial charge on any atom is 0.153 e. The molecule has 0 aromatic heterocycles. The van der Waals surface area contributed by atoms with Crippen LogP contribution in [0.3, 0.4) is 0 Å². The number of nitrogens with two attached hydrogens (primary N) is 1. The van der Waals surface area contributed by atoms with Crippen LogP contribution in [-0.2, 0) is 0 Å². The minimum atomic E-state index is 0.759. The number of rotatable bonds is 13. The molecule has 114 valence electrons. The highest BCUT2D eigenvalue weighted by Crippen LogP contribution is 2.11. The van der Waals surface area contributed by atoms with E-state index < -0.39 is 0 Å². The number of aliphatic imine (C=N–C) groups is 1. The minimum Gasteiger partial charge on any atom is -0.379 e. The monoisotopic (exact) mass is 286 g/mol. The molecule has 2 N–H and O–H groups in total. The van der Waals surface area contributed by atoms with E-state index in [1.54, 1.807) is 11.8 Å². The molecule has 0 heterocycles. The summed E-state index contributed by atoms with van der Waals surface area (Å²) < 4.78 is 0. The van der Waals surface area contributed by atoms with Gasteiger partial charge in [-0.3, -0.25) is 4.99 Å². The van der Waals surface area contributed by atoms with Crippen LogP contribution < -0.4 is 5.73 Å². The first-order valence-electron chi connectivity index (χ1n) is 8.24. The van der Waals surface area contributed by atoms with Gasteiger partial charge in [-0.1, -0.05) is 89.8 Å². The molecule has 0 spiro atoms. The fourth-order valence-electron chi connectivity index (χ4n) is 2.16. The van der Waals surface area contributed by atoms with Gasteiger partial charge in [0, 0.05) is 6.54 Å². The van der Waals surface area contributed by atoms with Crippen molar-refractivity contribution in [2.45, 2.75) is 84.5 Å². The Morgan fingerprint density at radius 2 is 1.26 bits per heavy atom. The minimum absolute atomic E-state index is 0.759. The van der Waals surface area contributed by atoms with E-state index in [9.17, 15) is 0 Å². The zero-order valence-corrected chi connectivity index (χ0v) is 13.9. The summed E-state index contributed by atoms with van der Waals surface area (Å²) in [6.07, 6.45) is 15.2. The topological polar surface area (TPSA) is 38.4 Å². The molecule has 0 aliphatic heterocycles. The van der Waals surface area contributed by atoms with E-state index in [2.05, 4.69) is 18.8 Å². The Balaban J connectivity index is 3.08. The van der Waals surface area contributed by atoms with Gasteiger partial charge in [0.25, 0.3) is 0 Å². The normalized spacial score (nSPS) is 12.0. The molecule has 0 saturated carbocycles. The van der Waals surface area contributed by atoms with E-state index in [1.165, 1.54) is 70.6 Å². The predicted molar refractivity (Wildman–Crippen MR) is 91.1 cm³/mol. The van der Waals surface area contributed by atoms with Crippen LogP contribution in [0.15, 0.2) is 4.99 Å². The van der Waals surface area contributed by atoms with Gasteiger partial charge in [-0.2, -0.15) is 0 Å². The summed E-state index contributed by atoms with van der Waals surface area (Å²) in [5.41, 5.74) is 5.73. The van der Waals surface area contributed by atoms with Gasteiger partial charge in [0.2, 0.25) is 0 Å². The van der Waals surface area contributed by atoms with E-state index >= 15 is 0 Å². The van der Waals surface area contributed by atoms with Crippen molar-refractivity contribution in [2.24, 2.45) is 10.7 Å². The molecule has 0 aliphatic carbocycles. The van der Waals surface area contributed by atoms with Crippen molar-refractivity contribution >= 4 is 16.9 Å². The highest BCUT2D eigenvalue weighted by atomic mass is 32.2. The molecule has 0 rings (SSSR count). The first kappa shape index (κ1) is 18.8. The lowest BCUT2D eigenvalue weighted by atomic mass is 10.1. The molecule has 0 atom stereocenters. The number of hydrogen-bond donors (Lipinski definition) is 1. The molecule has 0 bridgehead atoms. The summed E-state index contributed by atoms with van der Waals surface area (Å²) in [5.74, 6) is 1.02. The second kappa shape index (κ2) is 15.9. The molecule has 0 aromatic rings. The third-order valence-electron chi connectivity index (χ3n) is 3.32. The Morgan fingerprint density at radius 1 is 0.789 bits per heavy atom. The molecule has 2 nitrogen and oxygen atoms in total. The van der Waals surface area contributed by atoms with Crippen LogP contribution in [-0.4, -0.2) is 17.5 Å². The molecular weight excluding hydrogens is 252 g/mol. The second-order valence-corrected chi connectivity index (χ2v) is 6.47. The molecule has 3 heteroatoms. The van der Waals surface area contributed by atoms with E-state index in [1.807, 2.05) is 0 Å². The SMILES string of the molecule is CCCCCCCCCCCCCN=C(N)SCC. The molecule has 0 aliphatic rings. The predicted octanol–water partition coefficient (Wildman–Crippen LogP) is 5.37. The van der Waals surface area contributed by atoms with Crippen molar-refractivity contribution < 1.29 is 0 Å². The Labute approximate surface area is 125 Å². The highest BCUT2D eigenvalue weighted by molar-refractivity contribution is 8.13. The van der Waals surface area contributed by atoms with Crippen molar-refractivity contribution in [3.63, 3.8) is 0 Å². The van der Waals surface area contributed by atoms with Crippen molar-refractivity contribution in [1.29, 1.82) is 0 Å². The van der Waals surface area contributed by atoms with Gasteiger partial charge < -0.3 is 5.73 Å². The second-order valence-electron chi connectivity index (χ2n) is 5.19. The summed E-state index contributed by atoms with van der Waals surface area (Å²) in [7, 11) is 0. The molecule has 0 unspecified atom stereocenters. The van der Waals surface area contributed by atoms with E-state index in [4.69, 9.17) is 5.73 Å². The quantitative estimate of drug-likeness (QED) is 0.281. The van der Waals surface area contributed by atoms with E-state index in [0.717, 1.165) is 17.5 Å². The number of unbranched alkanes of at least 4 members (excludes halogenated alkanes) is 10. The smallest absolute Gasteiger partial charge is 0.153 e. The van der Waals surface area contributed by atoms with Crippen molar-refractivity contribution in [1.82, 2.24) is 0 Å². The highest BCUT2D eigenvalue weighted by Gasteiger charge is 1.93. The molecule has 19 heavy (non-hydrogen) atoms. The van der Waals surface area contributed by atoms with Crippen LogP contribution in [0, 0.1) is 0 Å². The molecule has 0 aromatic carbocycles. The largest absolute Gasteiger partial charge is 0.379 e. The number of thioether (sulfide) groups is 1. The van der Waals surface area contributed by atoms with Gasteiger partial charge in [0.05, 0.1) is 0 Å². The summed E-state index contributed by atoms with van der Waals surface area (Å²) in [6, 6.07) is 0. The van der Waals surface area contributed by atoms with Gasteiger partial charge in [-0.05, 0) is 12.2 Å². The Bertz CT molecular complexity index is 205. The van der Waals surface area contributed by atoms with Crippen molar-refractivity contribution in [3.05, 3.63) is 0 Å². The van der Waals surface area contributed by atoms with Crippen LogP contribution >= 0.6 is 11.8 Å². The molecule has 0 fully saturated rings. The fourth-order valence-corrected chi connectivity index (χ4v) is 2.64. The van der Waals surface area contributed by atoms with Gasteiger partial charge in [-0.25, -0.2) is 0 Å². The number of nitrogens with zero attached hydrogens (tertiary/aromatic N) is 1. The third-order valence-corrected chi connectivity index (χ3v) is 4.04. The van der Waals surface area contributed by atoms with E-state index in [-0.39, 0.29) is 0 Å². The van der Waals surface area contributed by atoms with Crippen LogP contribution in [0.2, 0.25) is 0 Å².